The van der Waals surface area contributed by atoms with Crippen LogP contribution in [0.15, 0.2) is 66.7 Å². The molecule has 1 nitrogen and oxygen atoms in total. The number of halogens is 6. The maximum Gasteiger partial charge on any atom is 0.573 e. The van der Waals surface area contributed by atoms with Crippen LogP contribution in [0.4, 0.5) is 26.3 Å². The molecule has 0 amide bonds. The summed E-state index contributed by atoms with van der Waals surface area (Å²) >= 11 is 0. The average Bonchev–Trinajstić information content (AvgIpc) is 2.84. The van der Waals surface area contributed by atoms with Crippen LogP contribution in [0, 0.1) is 17.5 Å². The summed E-state index contributed by atoms with van der Waals surface area (Å²) in [5.41, 5.74) is 3.18. The van der Waals surface area contributed by atoms with Gasteiger partial charge in [0.05, 0.1) is 0 Å². The molecule has 0 N–H and O–H groups in total. The monoisotopic (exact) mass is 502 g/mol. The van der Waals surface area contributed by atoms with Gasteiger partial charge < -0.3 is 4.74 Å². The Morgan fingerprint density at radius 1 is 0.694 bits per heavy atom. The SMILES string of the molecule is CCCCc1ccc(CCc2ccc3c(F)c(-c4cc(F)c(OC(F)(F)F)c(F)c4)ccc3c2)cc1. The lowest BCUT2D eigenvalue weighted by atomic mass is 9.96. The quantitative estimate of drug-likeness (QED) is 0.219. The number of rotatable bonds is 8. The van der Waals surface area contributed by atoms with Crippen molar-refractivity contribution in [3.63, 3.8) is 0 Å². The van der Waals surface area contributed by atoms with E-state index in [4.69, 9.17) is 0 Å². The van der Waals surface area contributed by atoms with Crippen LogP contribution in [0.1, 0.15) is 36.5 Å². The summed E-state index contributed by atoms with van der Waals surface area (Å²) in [6.45, 7) is 2.17. The molecule has 36 heavy (non-hydrogen) atoms. The molecule has 0 aliphatic carbocycles. The van der Waals surface area contributed by atoms with Gasteiger partial charge in [0.2, 0.25) is 5.75 Å². The lowest BCUT2D eigenvalue weighted by Gasteiger charge is -2.13. The Bertz CT molecular complexity index is 1340. The van der Waals surface area contributed by atoms with Crippen molar-refractivity contribution in [1.29, 1.82) is 0 Å². The number of hydrogen-bond acceptors (Lipinski definition) is 1. The zero-order valence-corrected chi connectivity index (χ0v) is 19.6. The topological polar surface area (TPSA) is 9.23 Å². The molecule has 0 bridgehead atoms. The molecule has 188 valence electrons. The molecule has 7 heteroatoms. The Morgan fingerprint density at radius 3 is 1.89 bits per heavy atom. The van der Waals surface area contributed by atoms with Gasteiger partial charge in [-0.1, -0.05) is 67.9 Å². The number of hydrogen-bond donors (Lipinski definition) is 0. The van der Waals surface area contributed by atoms with E-state index in [1.807, 2.05) is 6.07 Å². The van der Waals surface area contributed by atoms with Crippen LogP contribution in [0.3, 0.4) is 0 Å². The van der Waals surface area contributed by atoms with E-state index in [1.165, 1.54) is 17.2 Å². The van der Waals surface area contributed by atoms with Crippen molar-refractivity contribution in [3.05, 3.63) is 101 Å². The standard InChI is InChI=1S/C29H24F6O/c1-2-3-4-18-5-7-19(8-6-18)9-10-20-11-13-23-21(15-20)12-14-24(27(23)32)22-16-25(30)28(26(31)17-22)36-29(33,34)35/h5-8,11-17H,2-4,9-10H2,1H3. The first-order valence-corrected chi connectivity index (χ1v) is 11.7. The van der Waals surface area contributed by atoms with Crippen LogP contribution in [-0.2, 0) is 19.3 Å². The van der Waals surface area contributed by atoms with Gasteiger partial charge in [0.25, 0.3) is 0 Å². The molecule has 0 heterocycles. The predicted octanol–water partition coefficient (Wildman–Crippen LogP) is 8.95. The molecule has 4 aromatic carbocycles. The first-order valence-electron chi connectivity index (χ1n) is 11.7. The first kappa shape index (κ1) is 25.6. The number of aryl methyl sites for hydroxylation is 3. The highest BCUT2D eigenvalue weighted by Crippen LogP contribution is 2.35. The van der Waals surface area contributed by atoms with Crippen LogP contribution in [0.2, 0.25) is 0 Å². The summed E-state index contributed by atoms with van der Waals surface area (Å²) in [5.74, 6) is -5.44. The zero-order chi connectivity index (χ0) is 25.9. The fourth-order valence-electron chi connectivity index (χ4n) is 4.19. The van der Waals surface area contributed by atoms with Crippen molar-refractivity contribution < 1.29 is 31.1 Å². The molecule has 4 aromatic rings. The van der Waals surface area contributed by atoms with Crippen molar-refractivity contribution in [2.45, 2.75) is 45.4 Å². The fraction of sp³-hybridized carbons (Fsp3) is 0.241. The normalized spacial score (nSPS) is 11.8. The smallest absolute Gasteiger partial charge is 0.399 e. The minimum atomic E-state index is -5.26. The molecule has 0 saturated heterocycles. The lowest BCUT2D eigenvalue weighted by molar-refractivity contribution is -0.276. The lowest BCUT2D eigenvalue weighted by Crippen LogP contribution is -2.19. The largest absolute Gasteiger partial charge is 0.573 e. The van der Waals surface area contributed by atoms with E-state index in [0.29, 0.717) is 17.5 Å². The van der Waals surface area contributed by atoms with Gasteiger partial charge in [-0.15, -0.1) is 13.2 Å². The summed E-state index contributed by atoms with van der Waals surface area (Å²) in [6.07, 6.45) is -0.290. The third kappa shape index (κ3) is 6.01. The summed E-state index contributed by atoms with van der Waals surface area (Å²) in [5, 5.41) is 0.856. The van der Waals surface area contributed by atoms with Gasteiger partial charge >= 0.3 is 6.36 Å². The second-order valence-electron chi connectivity index (χ2n) is 8.72. The third-order valence-electron chi connectivity index (χ3n) is 6.09. The van der Waals surface area contributed by atoms with Gasteiger partial charge in [-0.3, -0.25) is 0 Å². The Morgan fingerprint density at radius 2 is 1.28 bits per heavy atom. The van der Waals surface area contributed by atoms with Crippen LogP contribution < -0.4 is 4.74 Å². The number of ether oxygens (including phenoxy) is 1. The van der Waals surface area contributed by atoms with E-state index in [0.717, 1.165) is 37.7 Å². The van der Waals surface area contributed by atoms with E-state index >= 15 is 4.39 Å². The summed E-state index contributed by atoms with van der Waals surface area (Å²) in [4.78, 5) is 0. The van der Waals surface area contributed by atoms with Crippen molar-refractivity contribution in [2.75, 3.05) is 0 Å². The van der Waals surface area contributed by atoms with Crippen molar-refractivity contribution in [3.8, 4) is 16.9 Å². The Balaban J connectivity index is 1.53. The molecular weight excluding hydrogens is 478 g/mol. The molecule has 0 spiro atoms. The molecule has 0 fully saturated rings. The van der Waals surface area contributed by atoms with Crippen molar-refractivity contribution >= 4 is 10.8 Å². The van der Waals surface area contributed by atoms with Gasteiger partial charge in [-0.25, -0.2) is 13.2 Å². The maximum atomic E-state index is 15.2. The van der Waals surface area contributed by atoms with Gasteiger partial charge in [0, 0.05) is 10.9 Å². The van der Waals surface area contributed by atoms with E-state index < -0.39 is 29.6 Å². The van der Waals surface area contributed by atoms with Crippen LogP contribution in [0.5, 0.6) is 5.75 Å². The molecule has 0 saturated carbocycles. The van der Waals surface area contributed by atoms with Gasteiger partial charge in [-0.05, 0) is 65.5 Å². The van der Waals surface area contributed by atoms with E-state index in [9.17, 15) is 22.0 Å². The second-order valence-corrected chi connectivity index (χ2v) is 8.72. The molecule has 4 rings (SSSR count). The molecule has 0 aliphatic heterocycles. The minimum absolute atomic E-state index is 0.130. The van der Waals surface area contributed by atoms with Gasteiger partial charge in [0.1, 0.15) is 5.82 Å². The molecule has 0 aliphatic rings. The van der Waals surface area contributed by atoms with E-state index in [1.54, 1.807) is 18.2 Å². The second kappa shape index (κ2) is 10.6. The number of unbranched alkanes of at least 4 members (excludes halogenated alkanes) is 1. The number of fused-ring (bicyclic) bond motifs is 1. The van der Waals surface area contributed by atoms with Gasteiger partial charge in [0.15, 0.2) is 11.6 Å². The van der Waals surface area contributed by atoms with Crippen LogP contribution in [-0.4, -0.2) is 6.36 Å². The van der Waals surface area contributed by atoms with Crippen LogP contribution in [0.25, 0.3) is 21.9 Å². The summed E-state index contributed by atoms with van der Waals surface area (Å²) < 4.78 is 84.1. The highest BCUT2D eigenvalue weighted by molar-refractivity contribution is 5.89. The molecule has 0 atom stereocenters. The third-order valence-corrected chi connectivity index (χ3v) is 6.09. The van der Waals surface area contributed by atoms with Crippen molar-refractivity contribution in [1.82, 2.24) is 0 Å². The van der Waals surface area contributed by atoms with E-state index in [2.05, 4.69) is 35.9 Å². The molecule has 0 aromatic heterocycles. The zero-order valence-electron chi connectivity index (χ0n) is 19.6. The maximum absolute atomic E-state index is 15.2. The number of benzene rings is 4. The Hall–Kier alpha value is -3.48. The predicted molar refractivity (Wildman–Crippen MR) is 128 cm³/mol. The average molecular weight is 502 g/mol. The summed E-state index contributed by atoms with van der Waals surface area (Å²) in [7, 11) is 0. The highest BCUT2D eigenvalue weighted by Gasteiger charge is 2.34. The first-order chi connectivity index (χ1) is 17.1. The number of alkyl halides is 3. The minimum Gasteiger partial charge on any atom is -0.399 e. The summed E-state index contributed by atoms with van der Waals surface area (Å²) in [6, 6.07) is 18.0. The fourth-order valence-corrected chi connectivity index (χ4v) is 4.19. The Kier molecular flexibility index (Phi) is 7.57. The Labute approximate surface area is 205 Å². The highest BCUT2D eigenvalue weighted by atomic mass is 19.4. The van der Waals surface area contributed by atoms with Crippen LogP contribution >= 0.6 is 0 Å². The molecule has 0 unspecified atom stereocenters. The van der Waals surface area contributed by atoms with Crippen molar-refractivity contribution in [2.24, 2.45) is 0 Å². The molecular formula is C29H24F6O. The van der Waals surface area contributed by atoms with E-state index in [-0.39, 0.29) is 16.5 Å². The van der Waals surface area contributed by atoms with Gasteiger partial charge in [-0.2, -0.15) is 0 Å². The molecule has 0 radical (unpaired) electrons.